The molecular weight excluding hydrogens is 404 g/mol. The third-order valence-electron chi connectivity index (χ3n) is 4.77. The Morgan fingerprint density at radius 2 is 2.00 bits per heavy atom. The molecule has 0 aliphatic rings. The lowest BCUT2D eigenvalue weighted by molar-refractivity contribution is 0.0531. The SMILES string of the molecule is CCOC(=O)c1sc2ncn(Cc3nc(-c4ccc(CC)cc4)no3)c(=O)c2c1C. The number of nitrogens with zero attached hydrogens (tertiary/aromatic N) is 4. The molecule has 0 aliphatic carbocycles. The van der Waals surface area contributed by atoms with Crippen LogP contribution in [0.3, 0.4) is 0 Å². The van der Waals surface area contributed by atoms with Gasteiger partial charge in [0.1, 0.15) is 16.3 Å². The Bertz CT molecular complexity index is 1270. The highest BCUT2D eigenvalue weighted by molar-refractivity contribution is 7.20. The molecule has 0 fully saturated rings. The topological polar surface area (TPSA) is 100 Å². The summed E-state index contributed by atoms with van der Waals surface area (Å²) in [5, 5.41) is 4.42. The summed E-state index contributed by atoms with van der Waals surface area (Å²) < 4.78 is 11.8. The molecule has 0 radical (unpaired) electrons. The molecule has 0 saturated heterocycles. The fourth-order valence-electron chi connectivity index (χ4n) is 3.13. The van der Waals surface area contributed by atoms with Gasteiger partial charge in [-0.25, -0.2) is 9.78 Å². The van der Waals surface area contributed by atoms with Crippen molar-refractivity contribution in [2.75, 3.05) is 6.61 Å². The maximum atomic E-state index is 13.0. The van der Waals surface area contributed by atoms with E-state index in [1.54, 1.807) is 13.8 Å². The first-order valence-electron chi connectivity index (χ1n) is 9.59. The Kier molecular flexibility index (Phi) is 5.45. The van der Waals surface area contributed by atoms with Crippen LogP contribution in [-0.4, -0.2) is 32.3 Å². The molecule has 154 valence electrons. The molecule has 0 spiro atoms. The second kappa shape index (κ2) is 8.19. The summed E-state index contributed by atoms with van der Waals surface area (Å²) in [7, 11) is 0. The number of carbonyl (C=O) groups excluding carboxylic acids is 1. The van der Waals surface area contributed by atoms with Gasteiger partial charge in [0, 0.05) is 5.56 Å². The fourth-order valence-corrected chi connectivity index (χ4v) is 4.17. The summed E-state index contributed by atoms with van der Waals surface area (Å²) in [5.41, 5.74) is 2.37. The Morgan fingerprint density at radius 1 is 1.23 bits per heavy atom. The van der Waals surface area contributed by atoms with Crippen molar-refractivity contribution in [2.45, 2.75) is 33.7 Å². The van der Waals surface area contributed by atoms with Gasteiger partial charge in [-0.15, -0.1) is 11.3 Å². The minimum absolute atomic E-state index is 0.0891. The molecule has 0 unspecified atom stereocenters. The van der Waals surface area contributed by atoms with E-state index in [4.69, 9.17) is 9.26 Å². The molecule has 4 aromatic rings. The van der Waals surface area contributed by atoms with Gasteiger partial charge in [-0.1, -0.05) is 36.3 Å². The lowest BCUT2D eigenvalue weighted by Gasteiger charge is -2.02. The number of thiophene rings is 1. The van der Waals surface area contributed by atoms with Crippen LogP contribution in [0.15, 0.2) is 39.9 Å². The van der Waals surface area contributed by atoms with Crippen molar-refractivity contribution in [2.24, 2.45) is 0 Å². The van der Waals surface area contributed by atoms with E-state index in [9.17, 15) is 9.59 Å². The standard InChI is InChI=1S/C21H20N4O4S/c1-4-13-6-8-14(9-7-13)18-23-15(29-24-18)10-25-11-22-19-16(20(25)26)12(3)17(30-19)21(27)28-5-2/h6-9,11H,4-5,10H2,1-3H3. The van der Waals surface area contributed by atoms with Gasteiger partial charge in [-0.3, -0.25) is 9.36 Å². The highest BCUT2D eigenvalue weighted by Crippen LogP contribution is 2.27. The van der Waals surface area contributed by atoms with Crippen molar-refractivity contribution < 1.29 is 14.1 Å². The number of ether oxygens (including phenoxy) is 1. The number of benzene rings is 1. The highest BCUT2D eigenvalue weighted by atomic mass is 32.1. The number of carbonyl (C=O) groups is 1. The van der Waals surface area contributed by atoms with Gasteiger partial charge in [0.25, 0.3) is 5.56 Å². The van der Waals surface area contributed by atoms with Gasteiger partial charge in [0.2, 0.25) is 11.7 Å². The van der Waals surface area contributed by atoms with Crippen molar-refractivity contribution in [3.05, 3.63) is 62.8 Å². The van der Waals surface area contributed by atoms with Crippen molar-refractivity contribution in [1.29, 1.82) is 0 Å². The molecule has 9 heteroatoms. The maximum absolute atomic E-state index is 13.0. The zero-order valence-electron chi connectivity index (χ0n) is 16.8. The van der Waals surface area contributed by atoms with E-state index in [1.807, 2.05) is 24.3 Å². The monoisotopic (exact) mass is 424 g/mol. The van der Waals surface area contributed by atoms with Crippen molar-refractivity contribution in [3.8, 4) is 11.4 Å². The Morgan fingerprint density at radius 3 is 2.70 bits per heavy atom. The summed E-state index contributed by atoms with van der Waals surface area (Å²) >= 11 is 1.16. The third kappa shape index (κ3) is 3.63. The molecular formula is C21H20N4O4S. The number of esters is 1. The fraction of sp³-hybridized carbons (Fsp3) is 0.286. The Hall–Kier alpha value is -3.33. The molecule has 0 N–H and O–H groups in total. The summed E-state index contributed by atoms with van der Waals surface area (Å²) in [4.78, 5) is 34.7. The minimum atomic E-state index is -0.445. The van der Waals surface area contributed by atoms with Crippen molar-refractivity contribution >= 4 is 27.5 Å². The van der Waals surface area contributed by atoms with Crippen LogP contribution in [-0.2, 0) is 17.7 Å². The molecule has 4 rings (SSSR count). The normalized spacial score (nSPS) is 11.2. The number of aryl methyl sites for hydroxylation is 2. The summed E-state index contributed by atoms with van der Waals surface area (Å²) in [5.74, 6) is 0.317. The third-order valence-corrected chi connectivity index (χ3v) is 5.95. The van der Waals surface area contributed by atoms with Gasteiger partial charge >= 0.3 is 5.97 Å². The van der Waals surface area contributed by atoms with Crippen LogP contribution in [0.1, 0.15) is 40.5 Å². The molecule has 0 aliphatic heterocycles. The molecule has 0 atom stereocenters. The average molecular weight is 424 g/mol. The van der Waals surface area contributed by atoms with Gasteiger partial charge < -0.3 is 9.26 Å². The summed E-state index contributed by atoms with van der Waals surface area (Å²) in [6.45, 7) is 5.91. The van der Waals surface area contributed by atoms with E-state index >= 15 is 0 Å². The lowest BCUT2D eigenvalue weighted by Crippen LogP contribution is -2.21. The van der Waals surface area contributed by atoms with Gasteiger partial charge in [0.05, 0.1) is 18.3 Å². The Balaban J connectivity index is 1.63. The van der Waals surface area contributed by atoms with Crippen molar-refractivity contribution in [3.63, 3.8) is 0 Å². The number of rotatable bonds is 6. The van der Waals surface area contributed by atoms with Gasteiger partial charge in [-0.05, 0) is 31.4 Å². The quantitative estimate of drug-likeness (QED) is 0.436. The second-order valence-corrected chi connectivity index (χ2v) is 7.70. The number of hydrogen-bond donors (Lipinski definition) is 0. The zero-order valence-corrected chi connectivity index (χ0v) is 17.7. The first-order valence-corrected chi connectivity index (χ1v) is 10.4. The van der Waals surface area contributed by atoms with Crippen LogP contribution in [0.5, 0.6) is 0 Å². The maximum Gasteiger partial charge on any atom is 0.348 e. The zero-order chi connectivity index (χ0) is 21.3. The number of aromatic nitrogens is 4. The average Bonchev–Trinajstić information content (AvgIpc) is 3.35. The predicted molar refractivity (Wildman–Crippen MR) is 113 cm³/mol. The van der Waals surface area contributed by atoms with Crippen LogP contribution < -0.4 is 5.56 Å². The molecule has 0 amide bonds. The van der Waals surface area contributed by atoms with Crippen molar-refractivity contribution in [1.82, 2.24) is 19.7 Å². The Labute approximate surface area is 176 Å². The number of hydrogen-bond acceptors (Lipinski definition) is 8. The molecule has 0 bridgehead atoms. The van der Waals surface area contributed by atoms with E-state index in [0.717, 1.165) is 23.3 Å². The van der Waals surface area contributed by atoms with Crippen LogP contribution in [0.4, 0.5) is 0 Å². The summed E-state index contributed by atoms with van der Waals surface area (Å²) in [6, 6.07) is 7.93. The van der Waals surface area contributed by atoms with E-state index in [-0.39, 0.29) is 18.7 Å². The van der Waals surface area contributed by atoms with E-state index in [0.29, 0.717) is 32.4 Å². The minimum Gasteiger partial charge on any atom is -0.462 e. The highest BCUT2D eigenvalue weighted by Gasteiger charge is 2.21. The number of fused-ring (bicyclic) bond motifs is 1. The molecule has 1 aromatic carbocycles. The predicted octanol–water partition coefficient (Wildman–Crippen LogP) is 3.60. The van der Waals surface area contributed by atoms with Gasteiger partial charge in [-0.2, -0.15) is 4.98 Å². The van der Waals surface area contributed by atoms with E-state index < -0.39 is 5.97 Å². The molecule has 0 saturated carbocycles. The second-order valence-electron chi connectivity index (χ2n) is 6.70. The smallest absolute Gasteiger partial charge is 0.348 e. The summed E-state index contributed by atoms with van der Waals surface area (Å²) in [6.07, 6.45) is 2.38. The molecule has 3 aromatic heterocycles. The van der Waals surface area contributed by atoms with Crippen LogP contribution in [0, 0.1) is 6.92 Å². The van der Waals surface area contributed by atoms with Crippen LogP contribution in [0.25, 0.3) is 21.6 Å². The lowest BCUT2D eigenvalue weighted by atomic mass is 10.1. The molecule has 30 heavy (non-hydrogen) atoms. The van der Waals surface area contributed by atoms with E-state index in [1.165, 1.54) is 16.5 Å². The molecule has 8 nitrogen and oxygen atoms in total. The van der Waals surface area contributed by atoms with Gasteiger partial charge in [0.15, 0.2) is 0 Å². The van der Waals surface area contributed by atoms with Crippen LogP contribution in [0.2, 0.25) is 0 Å². The first kappa shape index (κ1) is 20.0. The van der Waals surface area contributed by atoms with E-state index in [2.05, 4.69) is 22.0 Å². The largest absolute Gasteiger partial charge is 0.462 e. The molecule has 3 heterocycles. The first-order chi connectivity index (χ1) is 14.5. The van der Waals surface area contributed by atoms with Crippen LogP contribution >= 0.6 is 11.3 Å².